The fourth-order valence-electron chi connectivity index (χ4n) is 1.47. The number of benzene rings is 1. The lowest BCUT2D eigenvalue weighted by Crippen LogP contribution is -2.26. The van der Waals surface area contributed by atoms with Crippen LogP contribution >= 0.6 is 27.5 Å². The number of hydrogen-bond acceptors (Lipinski definition) is 2. The molecule has 0 atom stereocenters. The number of amides is 1. The molecule has 0 bridgehead atoms. The van der Waals surface area contributed by atoms with Crippen LogP contribution in [-0.2, 0) is 0 Å². The van der Waals surface area contributed by atoms with Crippen molar-refractivity contribution < 1.29 is 4.79 Å². The highest BCUT2D eigenvalue weighted by Crippen LogP contribution is 2.18. The monoisotopic (exact) mass is 324 g/mol. The van der Waals surface area contributed by atoms with Gasteiger partial charge in [0.1, 0.15) is 5.82 Å². The summed E-state index contributed by atoms with van der Waals surface area (Å²) >= 11 is 9.14. The summed E-state index contributed by atoms with van der Waals surface area (Å²) in [4.78, 5) is 17.8. The highest BCUT2D eigenvalue weighted by Gasteiger charge is 2.14. The second-order valence-corrected chi connectivity index (χ2v) is 5.06. The van der Waals surface area contributed by atoms with Gasteiger partial charge in [0, 0.05) is 28.3 Å². The zero-order chi connectivity index (χ0) is 13.1. The van der Waals surface area contributed by atoms with Crippen molar-refractivity contribution in [2.75, 3.05) is 11.9 Å². The molecule has 0 unspecified atom stereocenters. The molecule has 5 heteroatoms. The van der Waals surface area contributed by atoms with Crippen molar-refractivity contribution >= 4 is 39.3 Å². The maximum Gasteiger partial charge on any atom is 0.259 e. The van der Waals surface area contributed by atoms with Crippen molar-refractivity contribution in [3.8, 4) is 0 Å². The van der Waals surface area contributed by atoms with Crippen molar-refractivity contribution in [3.63, 3.8) is 0 Å². The van der Waals surface area contributed by atoms with E-state index in [9.17, 15) is 4.79 Å². The van der Waals surface area contributed by atoms with Gasteiger partial charge in [-0.05, 0) is 36.4 Å². The summed E-state index contributed by atoms with van der Waals surface area (Å²) < 4.78 is 0.878. The predicted octanol–water partition coefficient (Wildman–Crippen LogP) is 3.77. The van der Waals surface area contributed by atoms with Crippen molar-refractivity contribution in [1.29, 1.82) is 0 Å². The fourth-order valence-corrected chi connectivity index (χ4v) is 1.92. The first kappa shape index (κ1) is 13.1. The number of carbonyl (C=O) groups excluding carboxylic acids is 1. The van der Waals surface area contributed by atoms with Gasteiger partial charge in [0.25, 0.3) is 5.91 Å². The molecular weight excluding hydrogens is 316 g/mol. The van der Waals surface area contributed by atoms with Crippen LogP contribution in [0.25, 0.3) is 0 Å². The summed E-state index contributed by atoms with van der Waals surface area (Å²) in [6.45, 7) is 0. The SMILES string of the molecule is CN(C(=O)c1ccc(Cl)cc1)c1cc(Br)ccn1. The minimum Gasteiger partial charge on any atom is -0.296 e. The van der Waals surface area contributed by atoms with Crippen molar-refractivity contribution in [2.24, 2.45) is 0 Å². The van der Waals surface area contributed by atoms with E-state index in [0.717, 1.165) is 4.47 Å². The topological polar surface area (TPSA) is 33.2 Å². The Morgan fingerprint density at radius 3 is 2.56 bits per heavy atom. The number of halogens is 2. The van der Waals surface area contributed by atoms with Crippen molar-refractivity contribution in [3.05, 3.63) is 57.7 Å². The molecule has 0 aliphatic carbocycles. The molecule has 1 aromatic heterocycles. The first-order valence-corrected chi connectivity index (χ1v) is 6.40. The Kier molecular flexibility index (Phi) is 3.99. The van der Waals surface area contributed by atoms with Gasteiger partial charge in [-0.25, -0.2) is 4.98 Å². The molecule has 1 heterocycles. The Labute approximate surface area is 119 Å². The van der Waals surface area contributed by atoms with Gasteiger partial charge in [-0.1, -0.05) is 27.5 Å². The lowest BCUT2D eigenvalue weighted by molar-refractivity contribution is 0.0992. The molecule has 2 rings (SSSR count). The van der Waals surface area contributed by atoms with Gasteiger partial charge in [0.2, 0.25) is 0 Å². The summed E-state index contributed by atoms with van der Waals surface area (Å²) in [7, 11) is 1.69. The van der Waals surface area contributed by atoms with E-state index in [-0.39, 0.29) is 5.91 Å². The first-order chi connectivity index (χ1) is 8.58. The molecule has 92 valence electrons. The number of aromatic nitrogens is 1. The predicted molar refractivity (Wildman–Crippen MR) is 76.1 cm³/mol. The Hall–Kier alpha value is -1.39. The van der Waals surface area contributed by atoms with Gasteiger partial charge in [-0.2, -0.15) is 0 Å². The Morgan fingerprint density at radius 2 is 1.94 bits per heavy atom. The molecule has 1 aromatic carbocycles. The van der Waals surface area contributed by atoms with Crippen molar-refractivity contribution in [2.45, 2.75) is 0 Å². The van der Waals surface area contributed by atoms with E-state index >= 15 is 0 Å². The molecule has 0 aliphatic heterocycles. The molecule has 1 amide bonds. The molecule has 3 nitrogen and oxygen atoms in total. The minimum atomic E-state index is -0.128. The molecule has 2 aromatic rings. The largest absolute Gasteiger partial charge is 0.296 e. The number of rotatable bonds is 2. The molecule has 0 saturated carbocycles. The average Bonchev–Trinajstić information content (AvgIpc) is 2.38. The number of anilines is 1. The molecule has 0 radical (unpaired) electrons. The van der Waals surface area contributed by atoms with E-state index in [1.54, 1.807) is 43.6 Å². The number of hydrogen-bond donors (Lipinski definition) is 0. The maximum absolute atomic E-state index is 12.2. The number of nitrogens with zero attached hydrogens (tertiary/aromatic N) is 2. The van der Waals surface area contributed by atoms with E-state index in [0.29, 0.717) is 16.4 Å². The van der Waals surface area contributed by atoms with Crippen LogP contribution in [0.4, 0.5) is 5.82 Å². The second-order valence-electron chi connectivity index (χ2n) is 3.70. The summed E-state index contributed by atoms with van der Waals surface area (Å²) in [5.74, 6) is 0.460. The van der Waals surface area contributed by atoms with Gasteiger partial charge in [-0.3, -0.25) is 9.69 Å². The third-order valence-electron chi connectivity index (χ3n) is 2.45. The van der Waals surface area contributed by atoms with E-state index in [2.05, 4.69) is 20.9 Å². The highest BCUT2D eigenvalue weighted by molar-refractivity contribution is 9.10. The number of carbonyl (C=O) groups is 1. The van der Waals surface area contributed by atoms with Gasteiger partial charge in [0.05, 0.1) is 0 Å². The van der Waals surface area contributed by atoms with Crippen LogP contribution in [0.2, 0.25) is 5.02 Å². The normalized spacial score (nSPS) is 10.2. The summed E-state index contributed by atoms with van der Waals surface area (Å²) in [5, 5.41) is 0.606. The Morgan fingerprint density at radius 1 is 1.28 bits per heavy atom. The zero-order valence-electron chi connectivity index (χ0n) is 9.60. The fraction of sp³-hybridized carbons (Fsp3) is 0.0769. The lowest BCUT2D eigenvalue weighted by Gasteiger charge is -2.16. The minimum absolute atomic E-state index is 0.128. The van der Waals surface area contributed by atoms with E-state index in [1.165, 1.54) is 4.90 Å². The van der Waals surface area contributed by atoms with Crippen LogP contribution < -0.4 is 4.90 Å². The molecule has 0 N–H and O–H groups in total. The second kappa shape index (κ2) is 5.50. The summed E-state index contributed by atoms with van der Waals surface area (Å²) in [6, 6.07) is 10.4. The third-order valence-corrected chi connectivity index (χ3v) is 3.19. The van der Waals surface area contributed by atoms with Gasteiger partial charge in [-0.15, -0.1) is 0 Å². The first-order valence-electron chi connectivity index (χ1n) is 5.23. The van der Waals surface area contributed by atoms with Crippen LogP contribution in [0.15, 0.2) is 47.1 Å². The average molecular weight is 326 g/mol. The van der Waals surface area contributed by atoms with Crippen molar-refractivity contribution in [1.82, 2.24) is 4.98 Å². The molecule has 0 saturated heterocycles. The van der Waals surface area contributed by atoms with Crippen LogP contribution in [0.5, 0.6) is 0 Å². The van der Waals surface area contributed by atoms with E-state index in [1.807, 2.05) is 6.07 Å². The van der Waals surface area contributed by atoms with Gasteiger partial charge < -0.3 is 0 Å². The van der Waals surface area contributed by atoms with E-state index in [4.69, 9.17) is 11.6 Å². The molecule has 0 aliphatic rings. The van der Waals surface area contributed by atoms with Crippen LogP contribution in [0.1, 0.15) is 10.4 Å². The molecule has 0 spiro atoms. The Bertz CT molecular complexity index is 571. The number of pyridine rings is 1. The van der Waals surface area contributed by atoms with Gasteiger partial charge >= 0.3 is 0 Å². The van der Waals surface area contributed by atoms with Crippen LogP contribution in [-0.4, -0.2) is 17.9 Å². The summed E-state index contributed by atoms with van der Waals surface area (Å²) in [6.07, 6.45) is 1.64. The Balaban J connectivity index is 2.26. The zero-order valence-corrected chi connectivity index (χ0v) is 11.9. The maximum atomic E-state index is 12.2. The van der Waals surface area contributed by atoms with E-state index < -0.39 is 0 Å². The van der Waals surface area contributed by atoms with Gasteiger partial charge in [0.15, 0.2) is 0 Å². The smallest absolute Gasteiger partial charge is 0.259 e. The van der Waals surface area contributed by atoms with Crippen LogP contribution in [0, 0.1) is 0 Å². The standard InChI is InChI=1S/C13H10BrClN2O/c1-17(12-8-10(14)6-7-16-12)13(18)9-2-4-11(15)5-3-9/h2-8H,1H3. The third kappa shape index (κ3) is 2.89. The molecule has 18 heavy (non-hydrogen) atoms. The molecule has 0 fully saturated rings. The molecular formula is C13H10BrClN2O. The lowest BCUT2D eigenvalue weighted by atomic mass is 10.2. The van der Waals surface area contributed by atoms with Crippen LogP contribution in [0.3, 0.4) is 0 Å². The summed E-state index contributed by atoms with van der Waals surface area (Å²) in [5.41, 5.74) is 0.573. The quantitative estimate of drug-likeness (QED) is 0.842. The highest BCUT2D eigenvalue weighted by atomic mass is 79.9.